The van der Waals surface area contributed by atoms with Crippen LogP contribution < -0.4 is 10.0 Å². The zero-order valence-corrected chi connectivity index (χ0v) is 16.3. The van der Waals surface area contributed by atoms with Gasteiger partial charge in [-0.15, -0.1) is 0 Å². The summed E-state index contributed by atoms with van der Waals surface area (Å²) >= 11 is 0. The molecule has 12 heteroatoms. The maximum absolute atomic E-state index is 12.1. The van der Waals surface area contributed by atoms with Crippen LogP contribution in [-0.4, -0.2) is 47.0 Å². The van der Waals surface area contributed by atoms with Gasteiger partial charge in [0.25, 0.3) is 11.6 Å². The molecule has 0 saturated carbocycles. The van der Waals surface area contributed by atoms with E-state index in [1.807, 2.05) is 0 Å². The number of nitro groups is 1. The number of amides is 1. The van der Waals surface area contributed by atoms with Gasteiger partial charge in [0, 0.05) is 37.0 Å². The summed E-state index contributed by atoms with van der Waals surface area (Å²) in [7, 11) is -7.34. The Morgan fingerprint density at radius 1 is 1.00 bits per heavy atom. The van der Waals surface area contributed by atoms with Gasteiger partial charge in [-0.2, -0.15) is 0 Å². The number of benzene rings is 2. The van der Waals surface area contributed by atoms with Crippen molar-refractivity contribution in [3.8, 4) is 0 Å². The zero-order chi connectivity index (χ0) is 20.9. The molecule has 0 unspecified atom stereocenters. The van der Waals surface area contributed by atoms with E-state index in [1.165, 1.54) is 42.5 Å². The second-order valence-corrected chi connectivity index (χ2v) is 9.49. The SMILES string of the molecule is CS(=O)(=O)c1ccc(C(=O)NCCNS(=O)(=O)c2cccc([N+](=O)[O-])c2)cc1. The van der Waals surface area contributed by atoms with E-state index >= 15 is 0 Å². The van der Waals surface area contributed by atoms with Crippen LogP contribution in [0, 0.1) is 10.1 Å². The summed E-state index contributed by atoms with van der Waals surface area (Å²) in [6, 6.07) is 9.88. The molecule has 2 aromatic rings. The lowest BCUT2D eigenvalue weighted by Crippen LogP contribution is -2.34. The predicted octanol–water partition coefficient (Wildman–Crippen LogP) is 0.707. The van der Waals surface area contributed by atoms with Crippen LogP contribution >= 0.6 is 0 Å². The minimum Gasteiger partial charge on any atom is -0.351 e. The van der Waals surface area contributed by atoms with Crippen LogP contribution in [0.3, 0.4) is 0 Å². The highest BCUT2D eigenvalue weighted by molar-refractivity contribution is 7.90. The van der Waals surface area contributed by atoms with Gasteiger partial charge in [-0.3, -0.25) is 14.9 Å². The van der Waals surface area contributed by atoms with Crippen LogP contribution in [0.5, 0.6) is 0 Å². The topological polar surface area (TPSA) is 153 Å². The first-order chi connectivity index (χ1) is 13.0. The van der Waals surface area contributed by atoms with Crippen molar-refractivity contribution in [1.29, 1.82) is 0 Å². The molecule has 0 atom stereocenters. The monoisotopic (exact) mass is 427 g/mol. The van der Waals surface area contributed by atoms with Crippen molar-refractivity contribution in [2.75, 3.05) is 19.3 Å². The van der Waals surface area contributed by atoms with Gasteiger partial charge in [0.1, 0.15) is 0 Å². The first-order valence-corrected chi connectivity index (χ1v) is 11.2. The third-order valence-corrected chi connectivity index (χ3v) is 6.17. The van der Waals surface area contributed by atoms with Crippen LogP contribution in [0.2, 0.25) is 0 Å². The van der Waals surface area contributed by atoms with Crippen molar-refractivity contribution >= 4 is 31.5 Å². The molecule has 0 bridgehead atoms. The number of hydrogen-bond donors (Lipinski definition) is 2. The molecule has 2 aromatic carbocycles. The highest BCUT2D eigenvalue weighted by Crippen LogP contribution is 2.17. The molecule has 0 aliphatic rings. The molecule has 0 aliphatic carbocycles. The van der Waals surface area contributed by atoms with Gasteiger partial charge in [0.2, 0.25) is 10.0 Å². The quantitative estimate of drug-likeness (QED) is 0.357. The Bertz CT molecular complexity index is 1100. The maximum atomic E-state index is 12.1. The second-order valence-electron chi connectivity index (χ2n) is 5.70. The standard InChI is InChI=1S/C16H17N3O7S2/c1-27(23,24)14-7-5-12(6-8-14)16(20)17-9-10-18-28(25,26)15-4-2-3-13(11-15)19(21)22/h2-8,11,18H,9-10H2,1H3,(H,17,20). The van der Waals surface area contributed by atoms with Crippen molar-refractivity contribution in [3.05, 3.63) is 64.2 Å². The summed E-state index contributed by atoms with van der Waals surface area (Å²) in [4.78, 5) is 21.9. The zero-order valence-electron chi connectivity index (χ0n) is 14.7. The third kappa shape index (κ3) is 5.58. The Morgan fingerprint density at radius 3 is 2.21 bits per heavy atom. The molecule has 150 valence electrons. The summed E-state index contributed by atoms with van der Waals surface area (Å²) < 4.78 is 49.3. The molecule has 1 amide bonds. The van der Waals surface area contributed by atoms with Gasteiger partial charge in [0.05, 0.1) is 14.7 Å². The fraction of sp³-hybridized carbons (Fsp3) is 0.188. The predicted molar refractivity (Wildman–Crippen MR) is 100 cm³/mol. The maximum Gasteiger partial charge on any atom is 0.270 e. The molecule has 2 rings (SSSR count). The number of nitrogens with zero attached hydrogens (tertiary/aromatic N) is 1. The van der Waals surface area contributed by atoms with E-state index in [9.17, 15) is 31.7 Å². The Morgan fingerprint density at radius 2 is 1.64 bits per heavy atom. The Kier molecular flexibility index (Phi) is 6.48. The second kappa shape index (κ2) is 8.46. The van der Waals surface area contributed by atoms with Crippen LogP contribution in [0.4, 0.5) is 5.69 Å². The van der Waals surface area contributed by atoms with Crippen LogP contribution in [0.1, 0.15) is 10.4 Å². The van der Waals surface area contributed by atoms with Crippen LogP contribution in [-0.2, 0) is 19.9 Å². The summed E-state index contributed by atoms with van der Waals surface area (Å²) in [5.74, 6) is -0.505. The molecule has 28 heavy (non-hydrogen) atoms. The number of non-ortho nitro benzene ring substituents is 1. The molecule has 0 aromatic heterocycles. The minimum absolute atomic E-state index is 0.0409. The minimum atomic E-state index is -3.97. The number of rotatable bonds is 8. The molecule has 10 nitrogen and oxygen atoms in total. The Hall–Kier alpha value is -2.83. The largest absolute Gasteiger partial charge is 0.351 e. The molecule has 0 spiro atoms. The lowest BCUT2D eigenvalue weighted by Gasteiger charge is -2.08. The normalized spacial score (nSPS) is 11.8. The first kappa shape index (κ1) is 21.5. The van der Waals surface area contributed by atoms with Crippen molar-refractivity contribution in [1.82, 2.24) is 10.0 Å². The average Bonchev–Trinajstić information content (AvgIpc) is 2.64. The van der Waals surface area contributed by atoms with Gasteiger partial charge in [-0.05, 0) is 30.3 Å². The molecular weight excluding hydrogens is 410 g/mol. The van der Waals surface area contributed by atoms with Crippen molar-refractivity contribution in [2.45, 2.75) is 9.79 Å². The van der Waals surface area contributed by atoms with E-state index in [0.717, 1.165) is 12.3 Å². The number of sulfone groups is 1. The molecule has 2 N–H and O–H groups in total. The third-order valence-electron chi connectivity index (χ3n) is 3.59. The van der Waals surface area contributed by atoms with Crippen molar-refractivity contribution in [3.63, 3.8) is 0 Å². The fourth-order valence-corrected chi connectivity index (χ4v) is 3.87. The van der Waals surface area contributed by atoms with E-state index in [0.29, 0.717) is 0 Å². The lowest BCUT2D eigenvalue weighted by molar-refractivity contribution is -0.385. The summed E-state index contributed by atoms with van der Waals surface area (Å²) in [5.41, 5.74) is -0.136. The molecule has 0 heterocycles. The van der Waals surface area contributed by atoms with Gasteiger partial charge in [0.15, 0.2) is 9.84 Å². The number of nitro benzene ring substituents is 1. The van der Waals surface area contributed by atoms with E-state index in [-0.39, 0.29) is 34.1 Å². The summed E-state index contributed by atoms with van der Waals surface area (Å²) in [5, 5.41) is 13.2. The van der Waals surface area contributed by atoms with Crippen molar-refractivity contribution < 1.29 is 26.6 Å². The fourth-order valence-electron chi connectivity index (χ4n) is 2.16. The number of hydrogen-bond acceptors (Lipinski definition) is 7. The smallest absolute Gasteiger partial charge is 0.270 e. The molecule has 0 saturated heterocycles. The molecule has 0 fully saturated rings. The van der Waals surface area contributed by atoms with E-state index < -0.39 is 30.7 Å². The molecule has 0 aliphatic heterocycles. The number of carbonyl (C=O) groups is 1. The van der Waals surface area contributed by atoms with Gasteiger partial charge < -0.3 is 5.32 Å². The molecule has 0 radical (unpaired) electrons. The molecular formula is C16H17N3O7S2. The summed E-state index contributed by atoms with van der Waals surface area (Å²) in [6.07, 6.45) is 1.05. The van der Waals surface area contributed by atoms with Crippen molar-refractivity contribution in [2.24, 2.45) is 0 Å². The van der Waals surface area contributed by atoms with Gasteiger partial charge in [-0.25, -0.2) is 21.6 Å². The average molecular weight is 427 g/mol. The Balaban J connectivity index is 1.92. The Labute approximate surface area is 161 Å². The van der Waals surface area contributed by atoms with Crippen LogP contribution in [0.15, 0.2) is 58.3 Å². The van der Waals surface area contributed by atoms with E-state index in [4.69, 9.17) is 0 Å². The van der Waals surface area contributed by atoms with Gasteiger partial charge >= 0.3 is 0 Å². The van der Waals surface area contributed by atoms with Crippen LogP contribution in [0.25, 0.3) is 0 Å². The van der Waals surface area contributed by atoms with E-state index in [2.05, 4.69) is 10.0 Å². The highest BCUT2D eigenvalue weighted by atomic mass is 32.2. The number of nitrogens with one attached hydrogen (secondary N) is 2. The number of sulfonamides is 1. The highest BCUT2D eigenvalue weighted by Gasteiger charge is 2.17. The summed E-state index contributed by atoms with van der Waals surface area (Å²) in [6.45, 7) is -0.182. The van der Waals surface area contributed by atoms with E-state index in [1.54, 1.807) is 0 Å². The van der Waals surface area contributed by atoms with Gasteiger partial charge in [-0.1, -0.05) is 6.07 Å². The lowest BCUT2D eigenvalue weighted by atomic mass is 10.2. The number of carbonyl (C=O) groups excluding carboxylic acids is 1. The first-order valence-electron chi connectivity index (χ1n) is 7.83.